The number of benzene rings is 14. The van der Waals surface area contributed by atoms with Crippen LogP contribution < -0.4 is 0 Å². The third kappa shape index (κ3) is 7.91. The number of rotatable bonds is 9. The molecule has 0 saturated carbocycles. The van der Waals surface area contributed by atoms with Crippen molar-refractivity contribution >= 4 is 133 Å². The first-order valence-electron chi connectivity index (χ1n) is 31.6. The second-order valence-electron chi connectivity index (χ2n) is 24.3. The topological polar surface area (TPSA) is 71.3 Å². The van der Waals surface area contributed by atoms with E-state index in [2.05, 4.69) is 322 Å². The van der Waals surface area contributed by atoms with Crippen LogP contribution >= 0.6 is 23.5 Å². The van der Waals surface area contributed by atoms with Gasteiger partial charge in [-0.05, 0) is 137 Å². The molecule has 0 bridgehead atoms. The Morgan fingerprint density at radius 2 is 0.489 bits per heavy atom. The number of para-hydroxylation sites is 7. The minimum absolute atomic E-state index is 0.876. The van der Waals surface area contributed by atoms with Crippen LogP contribution in [-0.4, -0.2) is 35.8 Å². The van der Waals surface area contributed by atoms with Crippen LogP contribution in [0.1, 0.15) is 0 Å². The number of nitrogens with zero attached hydrogens (tertiary/aromatic N) is 8. The molecule has 10 heteroatoms. The van der Waals surface area contributed by atoms with Gasteiger partial charge in [0, 0.05) is 88.0 Å². The Bertz CT molecular complexity index is 6430. The van der Waals surface area contributed by atoms with Crippen LogP contribution in [0.4, 0.5) is 0 Å². The van der Waals surface area contributed by atoms with E-state index < -0.39 is 0 Å². The van der Waals surface area contributed by atoms with Crippen molar-refractivity contribution in [3.63, 3.8) is 0 Å². The Kier molecular flexibility index (Phi) is 11.6. The van der Waals surface area contributed by atoms with Gasteiger partial charge >= 0.3 is 0 Å². The molecule has 0 unspecified atom stereocenters. The molecular formula is C84H50N8S2. The fourth-order valence-corrected chi connectivity index (χ4v) is 16.3. The largest absolute Gasteiger partial charge is 0.309 e. The summed E-state index contributed by atoms with van der Waals surface area (Å²) in [4.78, 5) is 0. The molecule has 0 N–H and O–H groups in total. The van der Waals surface area contributed by atoms with Crippen LogP contribution in [-0.2, 0) is 0 Å². The molecule has 94 heavy (non-hydrogen) atoms. The van der Waals surface area contributed by atoms with Crippen molar-refractivity contribution in [2.45, 2.75) is 0 Å². The molecule has 8 nitrogen and oxygen atoms in total. The van der Waals surface area contributed by atoms with Crippen molar-refractivity contribution < 1.29 is 0 Å². The summed E-state index contributed by atoms with van der Waals surface area (Å²) in [7, 11) is 0. The zero-order valence-corrected chi connectivity index (χ0v) is 51.9. The lowest BCUT2D eigenvalue weighted by Crippen LogP contribution is -1.99. The van der Waals surface area contributed by atoms with Crippen LogP contribution in [0.2, 0.25) is 0 Å². The summed E-state index contributed by atoms with van der Waals surface area (Å²) in [5.74, 6) is 0. The molecule has 0 atom stereocenters. The monoisotopic (exact) mass is 1230 g/mol. The lowest BCUT2D eigenvalue weighted by molar-refractivity contribution is 1.18. The Morgan fingerprint density at radius 3 is 0.926 bits per heavy atom. The summed E-state index contributed by atoms with van der Waals surface area (Å²) >= 11 is 2.54. The predicted octanol–water partition coefficient (Wildman–Crippen LogP) is 22.4. The number of aromatic nitrogens is 8. The zero-order chi connectivity index (χ0) is 61.5. The molecule has 20 rings (SSSR count). The lowest BCUT2D eigenvalue weighted by Gasteiger charge is -2.17. The number of hydrogen-bond acceptors (Lipinski definition) is 6. The normalized spacial score (nSPS) is 12.0. The van der Waals surface area contributed by atoms with E-state index in [1.807, 2.05) is 0 Å². The molecule has 0 fully saturated rings. The van der Waals surface area contributed by atoms with Crippen molar-refractivity contribution in [3.05, 3.63) is 303 Å². The first-order valence-corrected chi connectivity index (χ1v) is 33.1. The van der Waals surface area contributed by atoms with E-state index in [9.17, 15) is 0 Å². The van der Waals surface area contributed by atoms with E-state index in [0.29, 0.717) is 0 Å². The first kappa shape index (κ1) is 52.7. The molecule has 6 heterocycles. The first-order chi connectivity index (χ1) is 46.6. The van der Waals surface area contributed by atoms with Crippen LogP contribution in [0.5, 0.6) is 0 Å². The van der Waals surface area contributed by atoms with E-state index in [0.717, 1.165) is 139 Å². The molecule has 0 aliphatic carbocycles. The van der Waals surface area contributed by atoms with Gasteiger partial charge in [0.1, 0.15) is 22.1 Å². The predicted molar refractivity (Wildman–Crippen MR) is 393 cm³/mol. The van der Waals surface area contributed by atoms with Gasteiger partial charge in [0.15, 0.2) is 0 Å². The maximum Gasteiger partial charge on any atom is 0.113 e. The molecule has 6 aromatic heterocycles. The van der Waals surface area contributed by atoms with Gasteiger partial charge in [0.2, 0.25) is 0 Å². The molecule has 14 aromatic carbocycles. The van der Waals surface area contributed by atoms with Crippen molar-refractivity contribution in [1.82, 2.24) is 35.8 Å². The second kappa shape index (κ2) is 20.7. The van der Waals surface area contributed by atoms with Crippen molar-refractivity contribution in [2.24, 2.45) is 0 Å². The lowest BCUT2D eigenvalue weighted by atomic mass is 9.93. The molecular weight excluding hydrogens is 1190 g/mol. The molecule has 20 aromatic rings. The second-order valence-corrected chi connectivity index (χ2v) is 25.4. The van der Waals surface area contributed by atoms with E-state index >= 15 is 0 Å². The minimum Gasteiger partial charge on any atom is -0.309 e. The summed E-state index contributed by atoms with van der Waals surface area (Å²) in [5.41, 5.74) is 28.0. The molecule has 0 spiro atoms. The highest BCUT2D eigenvalue weighted by Gasteiger charge is 2.24. The molecule has 438 valence electrons. The summed E-state index contributed by atoms with van der Waals surface area (Å²) in [5, 5.41) is 9.55. The zero-order valence-electron chi connectivity index (χ0n) is 50.3. The highest BCUT2D eigenvalue weighted by atomic mass is 32.1. The molecule has 0 radical (unpaired) electrons. The Hall–Kier alpha value is -12.1. The summed E-state index contributed by atoms with van der Waals surface area (Å²) in [6.45, 7) is 0. The van der Waals surface area contributed by atoms with Crippen LogP contribution in [0.25, 0.3) is 188 Å². The Labute approximate surface area is 546 Å². The average Bonchev–Trinajstić information content (AvgIpc) is 1.54. The molecule has 0 aliphatic heterocycles. The third-order valence-corrected chi connectivity index (χ3v) is 20.4. The summed E-state index contributed by atoms with van der Waals surface area (Å²) < 4.78 is 29.9. The van der Waals surface area contributed by atoms with Crippen LogP contribution in [0.3, 0.4) is 0 Å². The van der Waals surface area contributed by atoms with Gasteiger partial charge in [0.05, 0.1) is 73.3 Å². The van der Waals surface area contributed by atoms with Crippen molar-refractivity contribution in [3.8, 4) is 78.4 Å². The van der Waals surface area contributed by atoms with Gasteiger partial charge in [-0.3, -0.25) is 0 Å². The van der Waals surface area contributed by atoms with Gasteiger partial charge in [-0.2, -0.15) is 17.5 Å². The van der Waals surface area contributed by atoms with E-state index in [1.165, 1.54) is 72.3 Å². The van der Waals surface area contributed by atoms with Gasteiger partial charge in [0.25, 0.3) is 0 Å². The Balaban J connectivity index is 0.725. The van der Waals surface area contributed by atoms with Crippen molar-refractivity contribution in [2.75, 3.05) is 0 Å². The highest BCUT2D eigenvalue weighted by molar-refractivity contribution is 7.00. The van der Waals surface area contributed by atoms with Gasteiger partial charge in [-0.25, -0.2) is 0 Å². The smallest absolute Gasteiger partial charge is 0.113 e. The summed E-state index contributed by atoms with van der Waals surface area (Å²) in [6, 6.07) is 110. The average molecular weight is 1240 g/mol. The van der Waals surface area contributed by atoms with E-state index in [4.69, 9.17) is 17.5 Å². The molecule has 0 saturated heterocycles. The van der Waals surface area contributed by atoms with Gasteiger partial charge in [-0.15, -0.1) is 0 Å². The fourth-order valence-electron chi connectivity index (χ4n) is 15.2. The molecule has 0 amide bonds. The number of fused-ring (bicyclic) bond motifs is 14. The van der Waals surface area contributed by atoms with Gasteiger partial charge < -0.3 is 18.3 Å². The van der Waals surface area contributed by atoms with Crippen LogP contribution in [0.15, 0.2) is 303 Å². The van der Waals surface area contributed by atoms with E-state index in [1.54, 1.807) is 0 Å². The fraction of sp³-hybridized carbons (Fsp3) is 0. The van der Waals surface area contributed by atoms with Crippen LogP contribution in [0, 0.1) is 0 Å². The van der Waals surface area contributed by atoms with Gasteiger partial charge in [-0.1, -0.05) is 194 Å². The number of hydrogen-bond donors (Lipinski definition) is 0. The summed E-state index contributed by atoms with van der Waals surface area (Å²) in [6.07, 6.45) is 0. The molecule has 0 aliphatic rings. The third-order valence-electron chi connectivity index (χ3n) is 19.4. The SMILES string of the molecule is c1ccc(-n2c3ccccc3c3cc(-c4ccc(-c5ccc6c(c5)c5ccc(-c7ccc(-c8ccc(-c9ccc%10c(c9)c9ccccc9n%10-c9ccccc9)c9nsnc89)c(-n8c9ccccc9c9ccccc98)c7)cc5n6-c5ccccc5)c5nsnc45)ccc32)cc1. The maximum absolute atomic E-state index is 5.15. The quantitative estimate of drug-likeness (QED) is 0.144. The highest BCUT2D eigenvalue weighted by Crippen LogP contribution is 2.46. The maximum atomic E-state index is 5.15. The standard InChI is InChI=1S/C84H50N8S2/c1-4-18-56(19-5-1)89-72-28-14-12-26-64(72)69-46-53(34-43-76(69)89)59-39-40-60(82-81(59)85-93-86-82)55-36-45-78-71(48-55)67-38-33-51(49-79(67)91(78)58-22-8-3-9-23-58)52-32-37-66(80(50-52)92-74-30-16-10-24-62(74)63-25-11-17-31-75(63)92)68-42-41-61(83-84(68)88-94-87-83)54-35-44-77-70(47-54)65-27-13-15-29-73(65)90(77)57-20-6-2-7-21-57/h1-50H. The van der Waals surface area contributed by atoms with E-state index in [-0.39, 0.29) is 0 Å². The van der Waals surface area contributed by atoms with Crippen molar-refractivity contribution in [1.29, 1.82) is 0 Å². The minimum atomic E-state index is 0.876. The Morgan fingerprint density at radius 1 is 0.191 bits per heavy atom.